The molecule has 0 radical (unpaired) electrons. The maximum atomic E-state index is 12.3. The molecule has 0 aliphatic rings. The fourth-order valence-electron chi connectivity index (χ4n) is 2.72. The third-order valence-corrected chi connectivity index (χ3v) is 5.17. The van der Waals surface area contributed by atoms with E-state index < -0.39 is 0 Å². The van der Waals surface area contributed by atoms with Gasteiger partial charge in [0.2, 0.25) is 5.91 Å². The molecule has 28 heavy (non-hydrogen) atoms. The van der Waals surface area contributed by atoms with Gasteiger partial charge in [-0.15, -0.1) is 11.8 Å². The molecule has 0 atom stereocenters. The van der Waals surface area contributed by atoms with Crippen LogP contribution in [-0.2, 0) is 11.3 Å². The van der Waals surface area contributed by atoms with E-state index in [0.29, 0.717) is 30.2 Å². The number of aromatic nitrogens is 3. The zero-order valence-electron chi connectivity index (χ0n) is 15.8. The van der Waals surface area contributed by atoms with Crippen LogP contribution in [0.5, 0.6) is 5.75 Å². The summed E-state index contributed by atoms with van der Waals surface area (Å²) in [6.45, 7) is 3.00. The molecule has 1 heterocycles. The number of hydrogen-bond acceptors (Lipinski definition) is 5. The van der Waals surface area contributed by atoms with Crippen molar-refractivity contribution in [1.29, 1.82) is 0 Å². The maximum Gasteiger partial charge on any atom is 0.226 e. The normalized spacial score (nSPS) is 10.6. The van der Waals surface area contributed by atoms with Crippen LogP contribution in [0.4, 0.5) is 5.69 Å². The lowest BCUT2D eigenvalue weighted by Gasteiger charge is -2.09. The van der Waals surface area contributed by atoms with E-state index in [9.17, 15) is 4.79 Å². The average molecular weight is 415 g/mol. The molecule has 0 aliphatic carbocycles. The number of ether oxygens (including phenoxy) is 1. The van der Waals surface area contributed by atoms with Crippen molar-refractivity contribution >= 4 is 35.6 Å². The molecule has 0 fully saturated rings. The smallest absolute Gasteiger partial charge is 0.226 e. The van der Waals surface area contributed by atoms with Crippen LogP contribution in [-0.4, -0.2) is 33.5 Å². The number of aromatic amines is 1. The third kappa shape index (κ3) is 5.02. The number of carbonyl (C=O) groups excluding carboxylic acids is 1. The van der Waals surface area contributed by atoms with Crippen molar-refractivity contribution in [3.63, 3.8) is 0 Å². The van der Waals surface area contributed by atoms with Crippen LogP contribution in [0.3, 0.4) is 0 Å². The molecule has 8 heteroatoms. The number of amides is 1. The zero-order chi connectivity index (χ0) is 19.9. The second-order valence-corrected chi connectivity index (χ2v) is 7.25. The predicted molar refractivity (Wildman–Crippen MR) is 115 cm³/mol. The van der Waals surface area contributed by atoms with Crippen LogP contribution >= 0.6 is 24.0 Å². The molecule has 2 aromatic carbocycles. The summed E-state index contributed by atoms with van der Waals surface area (Å²) in [5.74, 6) is 1.43. The minimum Gasteiger partial charge on any atom is -0.494 e. The number of thioether (sulfide) groups is 1. The number of nitrogens with one attached hydrogen (secondary N) is 2. The second-order valence-electron chi connectivity index (χ2n) is 5.99. The minimum absolute atomic E-state index is 0.0716. The zero-order valence-corrected chi connectivity index (χ0v) is 17.4. The third-order valence-electron chi connectivity index (χ3n) is 4.12. The predicted octanol–water partition coefficient (Wildman–Crippen LogP) is 4.76. The van der Waals surface area contributed by atoms with E-state index in [1.807, 2.05) is 66.3 Å². The summed E-state index contributed by atoms with van der Waals surface area (Å²) in [5.41, 5.74) is 1.69. The van der Waals surface area contributed by atoms with E-state index in [-0.39, 0.29) is 5.91 Å². The summed E-state index contributed by atoms with van der Waals surface area (Å²) in [4.78, 5) is 13.5. The Morgan fingerprint density at radius 1 is 1.21 bits per heavy atom. The Morgan fingerprint density at radius 3 is 2.57 bits per heavy atom. The molecule has 3 rings (SSSR count). The second kappa shape index (κ2) is 9.57. The number of anilines is 1. The Balaban J connectivity index is 1.66. The van der Waals surface area contributed by atoms with Gasteiger partial charge in [0.05, 0.1) is 6.61 Å². The summed E-state index contributed by atoms with van der Waals surface area (Å²) in [6.07, 6.45) is 2.31. The Morgan fingerprint density at radius 2 is 1.93 bits per heavy atom. The lowest BCUT2D eigenvalue weighted by atomic mass is 10.2. The van der Waals surface area contributed by atoms with Crippen LogP contribution in [0, 0.1) is 4.77 Å². The van der Waals surface area contributed by atoms with Gasteiger partial charge in [-0.3, -0.25) is 14.5 Å². The number of benzene rings is 2. The summed E-state index contributed by atoms with van der Waals surface area (Å²) in [7, 11) is 0. The molecule has 0 aliphatic heterocycles. The van der Waals surface area contributed by atoms with E-state index >= 15 is 0 Å². The van der Waals surface area contributed by atoms with Crippen LogP contribution in [0.2, 0.25) is 0 Å². The number of hydrogen-bond donors (Lipinski definition) is 2. The van der Waals surface area contributed by atoms with Crippen molar-refractivity contribution in [3.8, 4) is 17.1 Å². The highest BCUT2D eigenvalue weighted by molar-refractivity contribution is 7.98. The highest BCUT2D eigenvalue weighted by Crippen LogP contribution is 2.22. The quantitative estimate of drug-likeness (QED) is 0.411. The van der Waals surface area contributed by atoms with Crippen LogP contribution in [0.1, 0.15) is 13.3 Å². The van der Waals surface area contributed by atoms with Gasteiger partial charge in [0.25, 0.3) is 0 Å². The Kier molecular flexibility index (Phi) is 6.89. The SMILES string of the molecule is CCOc1ccc(-c2n[nH]c(=S)n2CCC(=O)Nc2ccc(SC)cc2)cc1. The maximum absolute atomic E-state index is 12.3. The number of carbonyl (C=O) groups is 1. The molecule has 146 valence electrons. The van der Waals surface area contributed by atoms with Crippen molar-refractivity contribution in [3.05, 3.63) is 53.3 Å². The van der Waals surface area contributed by atoms with Crippen molar-refractivity contribution in [2.45, 2.75) is 24.8 Å². The summed E-state index contributed by atoms with van der Waals surface area (Å²) in [6, 6.07) is 15.4. The molecule has 0 saturated heterocycles. The van der Waals surface area contributed by atoms with E-state index in [4.69, 9.17) is 17.0 Å². The van der Waals surface area contributed by atoms with Gasteiger partial charge >= 0.3 is 0 Å². The first-order chi connectivity index (χ1) is 13.6. The number of rotatable bonds is 8. The fraction of sp³-hybridized carbons (Fsp3) is 0.250. The lowest BCUT2D eigenvalue weighted by Crippen LogP contribution is -2.15. The molecule has 3 aromatic rings. The van der Waals surface area contributed by atoms with Crippen LogP contribution < -0.4 is 10.1 Å². The van der Waals surface area contributed by atoms with E-state index in [1.54, 1.807) is 11.8 Å². The molecular weight excluding hydrogens is 392 g/mol. The number of nitrogens with zero attached hydrogens (tertiary/aromatic N) is 2. The van der Waals surface area contributed by atoms with Crippen LogP contribution in [0.15, 0.2) is 53.4 Å². The van der Waals surface area contributed by atoms with Crippen molar-refractivity contribution in [1.82, 2.24) is 14.8 Å². The molecule has 0 saturated carbocycles. The van der Waals surface area contributed by atoms with Gasteiger partial charge in [-0.25, -0.2) is 0 Å². The molecule has 0 spiro atoms. The standard InChI is InChI=1S/C20H22N4O2S2/c1-3-26-16-8-4-14(5-9-16)19-22-23-20(27)24(19)13-12-18(25)21-15-6-10-17(28-2)11-7-15/h4-11H,3,12-13H2,1-2H3,(H,21,25)(H,23,27). The van der Waals surface area contributed by atoms with Crippen molar-refractivity contribution < 1.29 is 9.53 Å². The monoisotopic (exact) mass is 414 g/mol. The van der Waals surface area contributed by atoms with Gasteiger partial charge in [-0.1, -0.05) is 0 Å². The van der Waals surface area contributed by atoms with E-state index in [2.05, 4.69) is 15.5 Å². The Labute approximate surface area is 173 Å². The Hall–Kier alpha value is -2.58. The van der Waals surface area contributed by atoms with Gasteiger partial charge in [0, 0.05) is 29.1 Å². The average Bonchev–Trinajstić information content (AvgIpc) is 3.08. The van der Waals surface area contributed by atoms with Gasteiger partial charge in [-0.2, -0.15) is 5.10 Å². The topological polar surface area (TPSA) is 71.9 Å². The molecule has 0 bridgehead atoms. The van der Waals surface area contributed by atoms with Crippen LogP contribution in [0.25, 0.3) is 11.4 Å². The van der Waals surface area contributed by atoms with Gasteiger partial charge in [0.15, 0.2) is 10.6 Å². The highest BCUT2D eigenvalue weighted by Gasteiger charge is 2.11. The van der Waals surface area contributed by atoms with Crippen molar-refractivity contribution in [2.24, 2.45) is 0 Å². The Bertz CT molecular complexity index is 979. The van der Waals surface area contributed by atoms with Gasteiger partial charge in [0.1, 0.15) is 5.75 Å². The number of H-pyrrole nitrogens is 1. The first-order valence-electron chi connectivity index (χ1n) is 8.93. The molecule has 0 unspecified atom stereocenters. The molecular formula is C20H22N4O2S2. The summed E-state index contributed by atoms with van der Waals surface area (Å²) >= 11 is 7.00. The molecule has 1 aromatic heterocycles. The van der Waals surface area contributed by atoms with Crippen molar-refractivity contribution in [2.75, 3.05) is 18.2 Å². The van der Waals surface area contributed by atoms with E-state index in [1.165, 1.54) is 0 Å². The first-order valence-corrected chi connectivity index (χ1v) is 10.6. The fourth-order valence-corrected chi connectivity index (χ4v) is 3.36. The van der Waals surface area contributed by atoms with Gasteiger partial charge in [-0.05, 0) is 73.9 Å². The summed E-state index contributed by atoms with van der Waals surface area (Å²) < 4.78 is 7.79. The summed E-state index contributed by atoms with van der Waals surface area (Å²) in [5, 5.41) is 10.0. The molecule has 6 nitrogen and oxygen atoms in total. The van der Waals surface area contributed by atoms with E-state index in [0.717, 1.165) is 21.9 Å². The first kappa shape index (κ1) is 20.2. The largest absolute Gasteiger partial charge is 0.494 e. The molecule has 2 N–H and O–H groups in total. The molecule has 1 amide bonds. The lowest BCUT2D eigenvalue weighted by molar-refractivity contribution is -0.116. The minimum atomic E-state index is -0.0716. The van der Waals surface area contributed by atoms with Gasteiger partial charge < -0.3 is 10.1 Å². The highest BCUT2D eigenvalue weighted by atomic mass is 32.2.